The maximum absolute atomic E-state index is 12.1. The van der Waals surface area contributed by atoms with Gasteiger partial charge in [0.05, 0.1) is 34.2 Å². The maximum Gasteiger partial charge on any atom is 0.239 e. The number of hydrogen-bond donors (Lipinski definition) is 2. The number of rotatable bonds is 3. The van der Waals surface area contributed by atoms with Crippen LogP contribution in [0.4, 0.5) is 17.3 Å². The van der Waals surface area contributed by atoms with Crippen LogP contribution < -0.4 is 15.1 Å². The number of sulfone groups is 1. The first-order chi connectivity index (χ1) is 16.9. The van der Waals surface area contributed by atoms with Crippen molar-refractivity contribution in [2.24, 2.45) is 0 Å². The summed E-state index contributed by atoms with van der Waals surface area (Å²) in [5.74, 6) is 1.49. The number of nitrogens with zero attached hydrogens (tertiary/aromatic N) is 7. The molecule has 2 aromatic heterocycles. The lowest BCUT2D eigenvalue weighted by Gasteiger charge is -2.34. The van der Waals surface area contributed by atoms with Crippen LogP contribution >= 0.6 is 0 Å². The van der Waals surface area contributed by atoms with E-state index in [2.05, 4.69) is 16.4 Å². The summed E-state index contributed by atoms with van der Waals surface area (Å²) < 4.78 is 31.3. The smallest absolute Gasteiger partial charge is 0.239 e. The monoisotopic (exact) mass is 496 g/mol. The summed E-state index contributed by atoms with van der Waals surface area (Å²) in [7, 11) is -3.09. The van der Waals surface area contributed by atoms with Crippen LogP contribution in [0.5, 0.6) is 0 Å². The molecule has 12 nitrogen and oxygen atoms in total. The molecule has 0 amide bonds. The number of aliphatic hydroxyl groups is 1. The number of fused-ring (bicyclic) bond motifs is 2. The molecule has 3 aromatic rings. The average molecular weight is 497 g/mol. The van der Waals surface area contributed by atoms with Gasteiger partial charge in [0.15, 0.2) is 21.5 Å². The van der Waals surface area contributed by atoms with Crippen molar-refractivity contribution in [2.75, 3.05) is 52.9 Å². The lowest BCUT2D eigenvalue weighted by atomic mass is 10.1. The van der Waals surface area contributed by atoms with Crippen LogP contribution in [0.2, 0.25) is 0 Å². The molecule has 5 heterocycles. The van der Waals surface area contributed by atoms with E-state index in [-0.39, 0.29) is 17.5 Å². The van der Waals surface area contributed by atoms with Crippen molar-refractivity contribution in [2.45, 2.75) is 25.2 Å². The summed E-state index contributed by atoms with van der Waals surface area (Å²) in [5.41, 5.74) is 2.44. The molecule has 1 aromatic carbocycles. The molecule has 0 spiro atoms. The van der Waals surface area contributed by atoms with Crippen molar-refractivity contribution < 1.29 is 18.3 Å². The van der Waals surface area contributed by atoms with E-state index in [1.807, 2.05) is 9.80 Å². The van der Waals surface area contributed by atoms with Crippen LogP contribution in [0.15, 0.2) is 24.5 Å². The summed E-state index contributed by atoms with van der Waals surface area (Å²) in [6.07, 6.45) is 2.10. The predicted octanol–water partition coefficient (Wildman–Crippen LogP) is 0.609. The minimum Gasteiger partial charge on any atom is -0.381 e. The van der Waals surface area contributed by atoms with Gasteiger partial charge in [-0.3, -0.25) is 4.57 Å². The van der Waals surface area contributed by atoms with E-state index < -0.39 is 16.2 Å². The normalized spacial score (nSPS) is 22.1. The zero-order valence-corrected chi connectivity index (χ0v) is 19.6. The number of benzene rings is 1. The lowest BCUT2D eigenvalue weighted by molar-refractivity contribution is 0.0732. The molecule has 35 heavy (non-hydrogen) atoms. The van der Waals surface area contributed by atoms with Crippen LogP contribution in [0, 0.1) is 11.3 Å². The first-order valence-electron chi connectivity index (χ1n) is 11.5. The van der Waals surface area contributed by atoms with Gasteiger partial charge in [0, 0.05) is 32.3 Å². The SMILES string of the molecule is N#Cc1ccc2ncn(-c3nc(N4CCS(=O)(=O)CC4)c4c(n3)N(C3CCOCC3)C(O)N4)c2c1. The van der Waals surface area contributed by atoms with Gasteiger partial charge in [0.2, 0.25) is 12.3 Å². The Labute approximate surface area is 201 Å². The molecule has 0 saturated carbocycles. The Hall–Kier alpha value is -3.47. The van der Waals surface area contributed by atoms with E-state index in [9.17, 15) is 18.8 Å². The number of nitrogens with one attached hydrogen (secondary N) is 1. The Kier molecular flexibility index (Phi) is 5.24. The highest BCUT2D eigenvalue weighted by Gasteiger charge is 2.39. The average Bonchev–Trinajstić information content (AvgIpc) is 3.43. The molecule has 182 valence electrons. The van der Waals surface area contributed by atoms with Crippen molar-refractivity contribution in [1.82, 2.24) is 19.5 Å². The van der Waals surface area contributed by atoms with Crippen molar-refractivity contribution >= 4 is 38.2 Å². The van der Waals surface area contributed by atoms with Gasteiger partial charge < -0.3 is 25.0 Å². The van der Waals surface area contributed by atoms with Crippen LogP contribution in [-0.4, -0.2) is 83.2 Å². The minimum absolute atomic E-state index is 0.0227. The van der Waals surface area contributed by atoms with Crippen LogP contribution in [-0.2, 0) is 14.6 Å². The van der Waals surface area contributed by atoms with Gasteiger partial charge in [-0.2, -0.15) is 15.2 Å². The highest BCUT2D eigenvalue weighted by molar-refractivity contribution is 7.91. The Morgan fingerprint density at radius 3 is 2.63 bits per heavy atom. The molecule has 1 unspecified atom stereocenters. The van der Waals surface area contributed by atoms with Gasteiger partial charge in [-0.15, -0.1) is 0 Å². The van der Waals surface area contributed by atoms with Crippen molar-refractivity contribution in [1.29, 1.82) is 5.26 Å². The summed E-state index contributed by atoms with van der Waals surface area (Å²) in [5, 5.41) is 23.5. The largest absolute Gasteiger partial charge is 0.381 e. The first-order valence-corrected chi connectivity index (χ1v) is 13.3. The summed E-state index contributed by atoms with van der Waals surface area (Å²) >= 11 is 0. The maximum atomic E-state index is 12.1. The third-order valence-corrected chi connectivity index (χ3v) is 8.37. The van der Waals surface area contributed by atoms with E-state index in [1.165, 1.54) is 0 Å². The highest BCUT2D eigenvalue weighted by Crippen LogP contribution is 2.42. The Balaban J connectivity index is 1.51. The number of aliphatic hydroxyl groups excluding tert-OH is 1. The topological polar surface area (TPSA) is 150 Å². The lowest BCUT2D eigenvalue weighted by Crippen LogP contribution is -2.46. The highest BCUT2D eigenvalue weighted by atomic mass is 32.2. The number of imidazole rings is 1. The summed E-state index contributed by atoms with van der Waals surface area (Å²) in [6, 6.07) is 7.38. The molecule has 0 radical (unpaired) electrons. The van der Waals surface area contributed by atoms with Crippen molar-refractivity contribution in [3.05, 3.63) is 30.1 Å². The molecule has 2 fully saturated rings. The molecule has 3 aliphatic rings. The second kappa shape index (κ2) is 8.33. The Morgan fingerprint density at radius 1 is 1.14 bits per heavy atom. The first kappa shape index (κ1) is 22.0. The molecule has 0 aliphatic carbocycles. The van der Waals surface area contributed by atoms with E-state index in [1.54, 1.807) is 29.1 Å². The van der Waals surface area contributed by atoms with Crippen LogP contribution in [0.3, 0.4) is 0 Å². The van der Waals surface area contributed by atoms with Gasteiger partial charge in [0.1, 0.15) is 12.0 Å². The van der Waals surface area contributed by atoms with Crippen molar-refractivity contribution in [3.63, 3.8) is 0 Å². The number of anilines is 3. The van der Waals surface area contributed by atoms with Gasteiger partial charge in [-0.05, 0) is 31.0 Å². The molecule has 2 saturated heterocycles. The zero-order chi connectivity index (χ0) is 24.2. The minimum atomic E-state index is -3.09. The molecule has 0 bridgehead atoms. The van der Waals surface area contributed by atoms with E-state index in [0.717, 1.165) is 12.8 Å². The fourth-order valence-corrected chi connectivity index (χ4v) is 6.09. The van der Waals surface area contributed by atoms with E-state index >= 15 is 0 Å². The van der Waals surface area contributed by atoms with E-state index in [0.29, 0.717) is 66.2 Å². The molecule has 2 N–H and O–H groups in total. The standard InChI is InChI=1S/C22H24N8O4S/c23-12-14-1-2-16-17(11-14)29(13-24-16)21-26-19(28-5-9-35(32,33)10-6-28)18-20(27-21)30(22(31)25-18)15-3-7-34-8-4-15/h1-2,11,13,15,22,25,31H,3-10H2. The zero-order valence-electron chi connectivity index (χ0n) is 18.8. The second-order valence-corrected chi connectivity index (χ2v) is 11.2. The Morgan fingerprint density at radius 2 is 1.89 bits per heavy atom. The molecule has 6 rings (SSSR count). The number of nitriles is 1. The summed E-state index contributed by atoms with van der Waals surface area (Å²) in [4.78, 5) is 17.9. The second-order valence-electron chi connectivity index (χ2n) is 8.88. The molecule has 3 aliphatic heterocycles. The fourth-order valence-electron chi connectivity index (χ4n) is 4.89. The van der Waals surface area contributed by atoms with Gasteiger partial charge in [0.25, 0.3) is 0 Å². The summed E-state index contributed by atoms with van der Waals surface area (Å²) in [6.45, 7) is 1.79. The van der Waals surface area contributed by atoms with Gasteiger partial charge >= 0.3 is 0 Å². The van der Waals surface area contributed by atoms with Crippen LogP contribution in [0.25, 0.3) is 17.0 Å². The molecular weight excluding hydrogens is 472 g/mol. The third kappa shape index (κ3) is 3.83. The molecule has 1 atom stereocenters. The number of hydrogen-bond acceptors (Lipinski definition) is 11. The third-order valence-electron chi connectivity index (χ3n) is 6.76. The molecule has 13 heteroatoms. The molecular formula is C22H24N8O4S. The van der Waals surface area contributed by atoms with Gasteiger partial charge in [-0.1, -0.05) is 0 Å². The predicted molar refractivity (Wildman–Crippen MR) is 128 cm³/mol. The van der Waals surface area contributed by atoms with Crippen molar-refractivity contribution in [3.8, 4) is 12.0 Å². The van der Waals surface area contributed by atoms with E-state index in [4.69, 9.17) is 14.7 Å². The fraction of sp³-hybridized carbons (Fsp3) is 0.455. The number of ether oxygens (including phenoxy) is 1. The quantitative estimate of drug-likeness (QED) is 0.525. The number of aromatic nitrogens is 4. The Bertz CT molecular complexity index is 1430. The van der Waals surface area contributed by atoms with Gasteiger partial charge in [-0.25, -0.2) is 13.4 Å². The van der Waals surface area contributed by atoms with Crippen LogP contribution in [0.1, 0.15) is 18.4 Å².